The van der Waals surface area contributed by atoms with Gasteiger partial charge in [-0.1, -0.05) is 0 Å². The Hall–Kier alpha value is -3.03. The van der Waals surface area contributed by atoms with Gasteiger partial charge in [0.15, 0.2) is 11.5 Å². The highest BCUT2D eigenvalue weighted by Crippen LogP contribution is 2.31. The average Bonchev–Trinajstić information content (AvgIpc) is 3.07. The minimum Gasteiger partial charge on any atom is -0.493 e. The number of carbonyl (C=O) groups is 2. The number of nitrogens with zero attached hydrogens (tertiary/aromatic N) is 1. The van der Waals surface area contributed by atoms with Crippen LogP contribution < -0.4 is 14.8 Å². The highest BCUT2D eigenvalue weighted by Gasteiger charge is 2.13. The van der Waals surface area contributed by atoms with Crippen molar-refractivity contribution in [3.05, 3.63) is 30.0 Å². The van der Waals surface area contributed by atoms with Crippen LogP contribution in [0.3, 0.4) is 0 Å². The topological polar surface area (TPSA) is 114 Å². The minimum absolute atomic E-state index is 0.0140. The monoisotopic (exact) mass is 333 g/mol. The number of methoxy groups -OCH3 is 2. The molecule has 1 aromatic carbocycles. The fraction of sp³-hybridized carbons (Fsp3) is 0.312. The standard InChI is InChI=1S/C16H19N3O5/c1-23-13-6-5-10(8-14(13)24-2)11-9-12(19-18-11)16(22)17-7-3-4-15(20)21/h5-6,8-9H,3-4,7H2,1-2H3,(H,17,22)(H,18,19)(H,20,21). The van der Waals surface area contributed by atoms with Gasteiger partial charge in [0.1, 0.15) is 5.69 Å². The van der Waals surface area contributed by atoms with Gasteiger partial charge in [-0.05, 0) is 30.7 Å². The van der Waals surface area contributed by atoms with Gasteiger partial charge in [0, 0.05) is 18.5 Å². The van der Waals surface area contributed by atoms with Crippen LogP contribution in [0.2, 0.25) is 0 Å². The molecule has 1 amide bonds. The summed E-state index contributed by atoms with van der Waals surface area (Å²) in [4.78, 5) is 22.4. The van der Waals surface area contributed by atoms with Gasteiger partial charge in [-0.25, -0.2) is 0 Å². The number of carboxylic acid groups (broad SMARTS) is 1. The van der Waals surface area contributed by atoms with Gasteiger partial charge < -0.3 is 19.9 Å². The number of aromatic nitrogens is 2. The summed E-state index contributed by atoms with van der Waals surface area (Å²) in [5.41, 5.74) is 1.66. The highest BCUT2D eigenvalue weighted by atomic mass is 16.5. The summed E-state index contributed by atoms with van der Waals surface area (Å²) in [5.74, 6) is -0.0491. The molecule has 8 nitrogen and oxygen atoms in total. The number of carbonyl (C=O) groups excluding carboxylic acids is 1. The largest absolute Gasteiger partial charge is 0.493 e. The van der Waals surface area contributed by atoms with E-state index in [0.29, 0.717) is 29.3 Å². The molecule has 0 bridgehead atoms. The number of benzene rings is 1. The predicted molar refractivity (Wildman–Crippen MR) is 86.3 cm³/mol. The van der Waals surface area contributed by atoms with E-state index in [1.165, 1.54) is 0 Å². The van der Waals surface area contributed by atoms with Crippen LogP contribution in [0.25, 0.3) is 11.3 Å². The number of amides is 1. The molecule has 2 aromatic rings. The molecule has 1 heterocycles. The molecular weight excluding hydrogens is 314 g/mol. The van der Waals surface area contributed by atoms with Gasteiger partial charge in [-0.15, -0.1) is 0 Å². The van der Waals surface area contributed by atoms with Crippen LogP contribution >= 0.6 is 0 Å². The first-order valence-electron chi connectivity index (χ1n) is 7.33. The second-order valence-corrected chi connectivity index (χ2v) is 4.99. The summed E-state index contributed by atoms with van der Waals surface area (Å²) in [7, 11) is 3.10. The lowest BCUT2D eigenvalue weighted by molar-refractivity contribution is -0.137. The molecule has 3 N–H and O–H groups in total. The first kappa shape index (κ1) is 17.3. The van der Waals surface area contributed by atoms with Gasteiger partial charge in [-0.2, -0.15) is 5.10 Å². The molecule has 128 valence electrons. The number of nitrogens with one attached hydrogen (secondary N) is 2. The lowest BCUT2D eigenvalue weighted by atomic mass is 10.1. The molecule has 0 aliphatic heterocycles. The lowest BCUT2D eigenvalue weighted by Gasteiger charge is -2.08. The van der Waals surface area contributed by atoms with Crippen LogP contribution in [0, 0.1) is 0 Å². The summed E-state index contributed by atoms with van der Waals surface area (Å²) in [6.45, 7) is 0.288. The van der Waals surface area contributed by atoms with Crippen LogP contribution in [0.5, 0.6) is 11.5 Å². The maximum Gasteiger partial charge on any atom is 0.303 e. The molecule has 24 heavy (non-hydrogen) atoms. The third-order valence-electron chi connectivity index (χ3n) is 3.35. The Labute approximate surface area is 138 Å². The lowest BCUT2D eigenvalue weighted by Crippen LogP contribution is -2.25. The Morgan fingerprint density at radius 3 is 2.62 bits per heavy atom. The average molecular weight is 333 g/mol. The number of hydrogen-bond acceptors (Lipinski definition) is 5. The van der Waals surface area contributed by atoms with Crippen LogP contribution in [0.4, 0.5) is 0 Å². The van der Waals surface area contributed by atoms with Crippen molar-refractivity contribution in [1.82, 2.24) is 15.5 Å². The van der Waals surface area contributed by atoms with Crippen molar-refractivity contribution >= 4 is 11.9 Å². The Morgan fingerprint density at radius 2 is 1.96 bits per heavy atom. The Balaban J connectivity index is 2.04. The van der Waals surface area contributed by atoms with Gasteiger partial charge in [0.25, 0.3) is 5.91 Å². The van der Waals surface area contributed by atoms with Crippen molar-refractivity contribution in [3.63, 3.8) is 0 Å². The molecule has 0 fully saturated rings. The SMILES string of the molecule is COc1ccc(-c2cc(C(=O)NCCCC(=O)O)[nH]n2)cc1OC. The fourth-order valence-corrected chi connectivity index (χ4v) is 2.12. The second-order valence-electron chi connectivity index (χ2n) is 4.99. The molecule has 0 atom stereocenters. The first-order valence-corrected chi connectivity index (χ1v) is 7.33. The predicted octanol–water partition coefficient (Wildman–Crippen LogP) is 1.69. The summed E-state index contributed by atoms with van der Waals surface area (Å²) in [6.07, 6.45) is 0.387. The molecular formula is C16H19N3O5. The van der Waals surface area contributed by atoms with E-state index in [4.69, 9.17) is 14.6 Å². The normalized spacial score (nSPS) is 10.2. The van der Waals surface area contributed by atoms with Gasteiger partial charge in [0.2, 0.25) is 0 Å². The van der Waals surface area contributed by atoms with E-state index in [1.807, 2.05) is 6.07 Å². The molecule has 0 unspecified atom stereocenters. The molecule has 0 saturated heterocycles. The summed E-state index contributed by atoms with van der Waals surface area (Å²) in [5, 5.41) is 18.0. The fourth-order valence-electron chi connectivity index (χ4n) is 2.12. The van der Waals surface area contributed by atoms with Crippen molar-refractivity contribution in [2.75, 3.05) is 20.8 Å². The van der Waals surface area contributed by atoms with Crippen molar-refractivity contribution in [2.24, 2.45) is 0 Å². The molecule has 8 heteroatoms. The Kier molecular flexibility index (Phi) is 5.78. The quantitative estimate of drug-likeness (QED) is 0.634. The van der Waals surface area contributed by atoms with E-state index in [1.54, 1.807) is 32.4 Å². The smallest absolute Gasteiger partial charge is 0.303 e. The molecule has 0 aliphatic rings. The highest BCUT2D eigenvalue weighted by molar-refractivity contribution is 5.93. The third kappa shape index (κ3) is 4.25. The summed E-state index contributed by atoms with van der Waals surface area (Å²) < 4.78 is 10.4. The van der Waals surface area contributed by atoms with Crippen LogP contribution in [0.15, 0.2) is 24.3 Å². The molecule has 0 spiro atoms. The van der Waals surface area contributed by atoms with Gasteiger partial charge >= 0.3 is 5.97 Å². The van der Waals surface area contributed by atoms with Crippen molar-refractivity contribution in [3.8, 4) is 22.8 Å². The summed E-state index contributed by atoms with van der Waals surface area (Å²) in [6, 6.07) is 6.96. The van der Waals surface area contributed by atoms with Crippen molar-refractivity contribution < 1.29 is 24.2 Å². The zero-order chi connectivity index (χ0) is 17.5. The molecule has 0 aliphatic carbocycles. The molecule has 1 aromatic heterocycles. The van der Waals surface area contributed by atoms with Gasteiger partial charge in [-0.3, -0.25) is 14.7 Å². The Morgan fingerprint density at radius 1 is 1.21 bits per heavy atom. The number of H-pyrrole nitrogens is 1. The van der Waals surface area contributed by atoms with Crippen LogP contribution in [-0.4, -0.2) is 47.9 Å². The summed E-state index contributed by atoms with van der Waals surface area (Å²) >= 11 is 0. The van der Waals surface area contributed by atoms with E-state index in [-0.39, 0.29) is 18.9 Å². The third-order valence-corrected chi connectivity index (χ3v) is 3.35. The molecule has 2 rings (SSSR count). The number of aromatic amines is 1. The van der Waals surface area contributed by atoms with Crippen molar-refractivity contribution in [2.45, 2.75) is 12.8 Å². The van der Waals surface area contributed by atoms with Gasteiger partial charge in [0.05, 0.1) is 19.9 Å². The number of ether oxygens (including phenoxy) is 2. The van der Waals surface area contributed by atoms with E-state index >= 15 is 0 Å². The number of carboxylic acids is 1. The number of rotatable bonds is 8. The number of hydrogen-bond donors (Lipinski definition) is 3. The maximum atomic E-state index is 12.0. The van der Waals surface area contributed by atoms with Crippen molar-refractivity contribution in [1.29, 1.82) is 0 Å². The first-order chi connectivity index (χ1) is 11.5. The Bertz CT molecular complexity index is 726. The molecule has 0 saturated carbocycles. The maximum absolute atomic E-state index is 12.0. The van der Waals surface area contributed by atoms with E-state index in [9.17, 15) is 9.59 Å². The van der Waals surface area contributed by atoms with E-state index in [2.05, 4.69) is 15.5 Å². The number of aliphatic carboxylic acids is 1. The zero-order valence-electron chi connectivity index (χ0n) is 13.5. The van der Waals surface area contributed by atoms with E-state index in [0.717, 1.165) is 5.56 Å². The van der Waals surface area contributed by atoms with E-state index < -0.39 is 5.97 Å². The molecule has 0 radical (unpaired) electrons. The minimum atomic E-state index is -0.887. The second kappa shape index (κ2) is 8.00. The van der Waals surface area contributed by atoms with Crippen LogP contribution in [-0.2, 0) is 4.79 Å². The zero-order valence-corrected chi connectivity index (χ0v) is 13.5. The van der Waals surface area contributed by atoms with Crippen LogP contribution in [0.1, 0.15) is 23.3 Å².